The molecule has 1 fully saturated rings. The van der Waals surface area contributed by atoms with Gasteiger partial charge in [0.05, 0.1) is 12.1 Å². The summed E-state index contributed by atoms with van der Waals surface area (Å²) in [6, 6.07) is -0.181. The summed E-state index contributed by atoms with van der Waals surface area (Å²) in [6.07, 6.45) is 4.00. The van der Waals surface area contributed by atoms with Crippen LogP contribution in [0.1, 0.15) is 31.4 Å². The molecule has 0 radical (unpaired) electrons. The van der Waals surface area contributed by atoms with Crippen LogP contribution in [0.5, 0.6) is 0 Å². The Bertz CT molecular complexity index is 453. The van der Waals surface area contributed by atoms with Crippen LogP contribution in [-0.2, 0) is 4.79 Å². The number of carboxylic acid groups (broad SMARTS) is 1. The largest absolute Gasteiger partial charge is 0.481 e. The zero-order valence-corrected chi connectivity index (χ0v) is 10.3. The van der Waals surface area contributed by atoms with Crippen molar-refractivity contribution in [1.29, 1.82) is 0 Å². The third-order valence-electron chi connectivity index (χ3n) is 3.25. The fourth-order valence-electron chi connectivity index (χ4n) is 2.34. The molecule has 0 amide bonds. The van der Waals surface area contributed by atoms with Crippen molar-refractivity contribution in [1.82, 2.24) is 9.97 Å². The predicted molar refractivity (Wildman–Crippen MR) is 64.0 cm³/mol. The number of carbonyl (C=O) groups is 1. The number of nitrogens with zero attached hydrogens (tertiary/aromatic N) is 3. The number of halogens is 1. The Morgan fingerprint density at radius 3 is 3.06 bits per heavy atom. The molecule has 2 rings (SSSR count). The lowest BCUT2D eigenvalue weighted by atomic mass is 9.99. The number of aromatic nitrogens is 2. The van der Waals surface area contributed by atoms with Crippen molar-refractivity contribution in [2.24, 2.45) is 0 Å². The van der Waals surface area contributed by atoms with Gasteiger partial charge in [0.15, 0.2) is 11.6 Å². The van der Waals surface area contributed by atoms with Crippen LogP contribution in [-0.4, -0.2) is 33.6 Å². The number of aliphatic carboxylic acids is 1. The van der Waals surface area contributed by atoms with Gasteiger partial charge >= 0.3 is 5.97 Å². The Hall–Kier alpha value is -1.72. The number of rotatable bonds is 3. The summed E-state index contributed by atoms with van der Waals surface area (Å²) in [5.74, 6) is -1.08. The molecule has 1 aromatic heterocycles. The van der Waals surface area contributed by atoms with Crippen molar-refractivity contribution in [2.45, 2.75) is 38.6 Å². The summed E-state index contributed by atoms with van der Waals surface area (Å²) in [5.41, 5.74) is 0.291. The first-order valence-corrected chi connectivity index (χ1v) is 6.05. The first-order chi connectivity index (χ1) is 8.59. The summed E-state index contributed by atoms with van der Waals surface area (Å²) in [7, 11) is 0. The van der Waals surface area contributed by atoms with Gasteiger partial charge in [-0.3, -0.25) is 4.79 Å². The molecule has 6 heteroatoms. The Morgan fingerprint density at radius 2 is 2.33 bits per heavy atom. The average molecular weight is 253 g/mol. The van der Waals surface area contributed by atoms with E-state index in [2.05, 4.69) is 9.97 Å². The molecule has 1 aliphatic heterocycles. The summed E-state index contributed by atoms with van der Waals surface area (Å²) in [6.45, 7) is 2.22. The van der Waals surface area contributed by atoms with Crippen LogP contribution in [0.2, 0.25) is 0 Å². The monoisotopic (exact) mass is 253 g/mol. The summed E-state index contributed by atoms with van der Waals surface area (Å²) in [4.78, 5) is 20.4. The van der Waals surface area contributed by atoms with E-state index < -0.39 is 11.8 Å². The number of piperidine rings is 1. The molecule has 18 heavy (non-hydrogen) atoms. The molecule has 0 aromatic carbocycles. The van der Waals surface area contributed by atoms with Gasteiger partial charge in [0.2, 0.25) is 0 Å². The molecule has 1 unspecified atom stereocenters. The Kier molecular flexibility index (Phi) is 3.74. The highest BCUT2D eigenvalue weighted by Crippen LogP contribution is 2.27. The van der Waals surface area contributed by atoms with Gasteiger partial charge in [-0.1, -0.05) is 0 Å². The van der Waals surface area contributed by atoms with Gasteiger partial charge in [0, 0.05) is 12.6 Å². The first-order valence-electron chi connectivity index (χ1n) is 6.05. The molecule has 1 atom stereocenters. The fraction of sp³-hybridized carbons (Fsp3) is 0.583. The number of hydrogen-bond acceptors (Lipinski definition) is 4. The van der Waals surface area contributed by atoms with Gasteiger partial charge in [0.25, 0.3) is 0 Å². The minimum Gasteiger partial charge on any atom is -0.481 e. The molecule has 1 saturated heterocycles. The molecule has 1 N–H and O–H groups in total. The predicted octanol–water partition coefficient (Wildman–Crippen LogP) is 1.76. The van der Waals surface area contributed by atoms with Gasteiger partial charge in [-0.05, 0) is 26.2 Å². The summed E-state index contributed by atoms with van der Waals surface area (Å²) < 4.78 is 14.0. The molecule has 0 spiro atoms. The highest BCUT2D eigenvalue weighted by molar-refractivity contribution is 5.68. The van der Waals surface area contributed by atoms with Crippen LogP contribution in [0, 0.1) is 12.7 Å². The molecule has 0 bridgehead atoms. The van der Waals surface area contributed by atoms with Crippen molar-refractivity contribution < 1.29 is 14.3 Å². The fourth-order valence-corrected chi connectivity index (χ4v) is 2.34. The van der Waals surface area contributed by atoms with Crippen LogP contribution in [0.15, 0.2) is 6.33 Å². The van der Waals surface area contributed by atoms with Crippen molar-refractivity contribution in [3.05, 3.63) is 17.8 Å². The number of aryl methyl sites for hydroxylation is 1. The second-order valence-electron chi connectivity index (χ2n) is 4.54. The first kappa shape index (κ1) is 12.7. The zero-order chi connectivity index (χ0) is 13.1. The highest BCUT2D eigenvalue weighted by atomic mass is 19.1. The average Bonchev–Trinajstić information content (AvgIpc) is 2.33. The summed E-state index contributed by atoms with van der Waals surface area (Å²) in [5, 5.41) is 8.90. The van der Waals surface area contributed by atoms with Crippen LogP contribution >= 0.6 is 0 Å². The molecular formula is C12H16FN3O2. The topological polar surface area (TPSA) is 66.3 Å². The van der Waals surface area contributed by atoms with E-state index >= 15 is 0 Å². The number of anilines is 1. The molecule has 98 valence electrons. The second-order valence-corrected chi connectivity index (χ2v) is 4.54. The maximum atomic E-state index is 14.0. The van der Waals surface area contributed by atoms with E-state index in [-0.39, 0.29) is 18.3 Å². The van der Waals surface area contributed by atoms with Crippen LogP contribution in [0.3, 0.4) is 0 Å². The Morgan fingerprint density at radius 1 is 1.56 bits per heavy atom. The molecule has 5 nitrogen and oxygen atoms in total. The quantitative estimate of drug-likeness (QED) is 0.889. The molecule has 2 heterocycles. The SMILES string of the molecule is Cc1ncnc(N2CCCCC2CC(=O)O)c1F. The van der Waals surface area contributed by atoms with Crippen molar-refractivity contribution in [3.63, 3.8) is 0 Å². The van der Waals surface area contributed by atoms with Crippen molar-refractivity contribution in [2.75, 3.05) is 11.4 Å². The smallest absolute Gasteiger partial charge is 0.305 e. The molecule has 1 aromatic rings. The highest BCUT2D eigenvalue weighted by Gasteiger charge is 2.28. The van der Waals surface area contributed by atoms with Gasteiger partial charge < -0.3 is 10.0 Å². The van der Waals surface area contributed by atoms with Crippen LogP contribution < -0.4 is 4.90 Å². The van der Waals surface area contributed by atoms with E-state index in [1.54, 1.807) is 11.8 Å². The van der Waals surface area contributed by atoms with Gasteiger partial charge in [-0.25, -0.2) is 14.4 Å². The van der Waals surface area contributed by atoms with E-state index in [1.807, 2.05) is 0 Å². The normalized spacial score (nSPS) is 19.9. The van der Waals surface area contributed by atoms with Gasteiger partial charge in [0.1, 0.15) is 6.33 Å². The summed E-state index contributed by atoms with van der Waals surface area (Å²) >= 11 is 0. The minimum absolute atomic E-state index is 0.0164. The lowest BCUT2D eigenvalue weighted by Gasteiger charge is -2.36. The van der Waals surface area contributed by atoms with E-state index in [9.17, 15) is 9.18 Å². The molecule has 0 aliphatic carbocycles. The number of carboxylic acids is 1. The van der Waals surface area contributed by atoms with Gasteiger partial charge in [-0.2, -0.15) is 0 Å². The van der Waals surface area contributed by atoms with Crippen LogP contribution in [0.4, 0.5) is 10.2 Å². The lowest BCUT2D eigenvalue weighted by Crippen LogP contribution is -2.42. The van der Waals surface area contributed by atoms with E-state index in [4.69, 9.17) is 5.11 Å². The molecular weight excluding hydrogens is 237 g/mol. The minimum atomic E-state index is -0.863. The van der Waals surface area contributed by atoms with E-state index in [0.29, 0.717) is 12.2 Å². The van der Waals surface area contributed by atoms with Crippen LogP contribution in [0.25, 0.3) is 0 Å². The van der Waals surface area contributed by atoms with E-state index in [1.165, 1.54) is 6.33 Å². The Labute approximate surface area is 105 Å². The second kappa shape index (κ2) is 5.29. The lowest BCUT2D eigenvalue weighted by molar-refractivity contribution is -0.137. The van der Waals surface area contributed by atoms with Crippen molar-refractivity contribution >= 4 is 11.8 Å². The standard InChI is InChI=1S/C12H16FN3O2/c1-8-11(13)12(15-7-14-8)16-5-3-2-4-9(16)6-10(17)18/h7,9H,2-6H2,1H3,(H,17,18). The maximum Gasteiger partial charge on any atom is 0.305 e. The number of hydrogen-bond donors (Lipinski definition) is 1. The van der Waals surface area contributed by atoms with E-state index in [0.717, 1.165) is 19.3 Å². The Balaban J connectivity index is 2.27. The maximum absolute atomic E-state index is 14.0. The molecule has 0 saturated carbocycles. The zero-order valence-electron chi connectivity index (χ0n) is 10.3. The third-order valence-corrected chi connectivity index (χ3v) is 3.25. The van der Waals surface area contributed by atoms with Crippen molar-refractivity contribution in [3.8, 4) is 0 Å². The van der Waals surface area contributed by atoms with Gasteiger partial charge in [-0.15, -0.1) is 0 Å². The molecule has 1 aliphatic rings. The third kappa shape index (κ3) is 2.57.